The predicted molar refractivity (Wildman–Crippen MR) is 89.8 cm³/mol. The maximum atomic E-state index is 10.4. The highest BCUT2D eigenvalue weighted by Crippen LogP contribution is 2.38. The van der Waals surface area contributed by atoms with Gasteiger partial charge in [0, 0.05) is 31.2 Å². The first-order valence-electron chi connectivity index (χ1n) is 9.96. The molecule has 3 saturated carbocycles. The highest BCUT2D eigenvalue weighted by Gasteiger charge is 2.39. The van der Waals surface area contributed by atoms with Crippen LogP contribution in [0.3, 0.4) is 0 Å². The van der Waals surface area contributed by atoms with Gasteiger partial charge in [-0.3, -0.25) is 4.90 Å². The van der Waals surface area contributed by atoms with Crippen LogP contribution in [-0.2, 0) is 0 Å². The minimum atomic E-state index is -0.0144. The first kappa shape index (κ1) is 15.4. The fraction of sp³-hybridized carbons (Fsp3) is 1.00. The van der Waals surface area contributed by atoms with Crippen molar-refractivity contribution >= 4 is 0 Å². The zero-order chi connectivity index (χ0) is 14.9. The van der Waals surface area contributed by atoms with Crippen molar-refractivity contribution in [3.63, 3.8) is 0 Å². The van der Waals surface area contributed by atoms with E-state index in [4.69, 9.17) is 0 Å². The number of hydrogen-bond acceptors (Lipinski definition) is 3. The summed E-state index contributed by atoms with van der Waals surface area (Å²) in [4.78, 5) is 2.74. The maximum absolute atomic E-state index is 10.4. The van der Waals surface area contributed by atoms with Crippen LogP contribution < -0.4 is 5.32 Å². The molecule has 0 aromatic rings. The van der Waals surface area contributed by atoms with Crippen molar-refractivity contribution in [2.75, 3.05) is 13.1 Å². The molecular weight excluding hydrogens is 272 g/mol. The molecule has 3 unspecified atom stereocenters. The van der Waals surface area contributed by atoms with Crippen LogP contribution in [0.2, 0.25) is 0 Å². The molecule has 0 bridgehead atoms. The van der Waals surface area contributed by atoms with E-state index in [0.717, 1.165) is 18.5 Å². The van der Waals surface area contributed by atoms with Gasteiger partial charge in [0.25, 0.3) is 0 Å². The van der Waals surface area contributed by atoms with Gasteiger partial charge in [0.1, 0.15) is 0 Å². The van der Waals surface area contributed by atoms with Gasteiger partial charge >= 0.3 is 0 Å². The predicted octanol–water partition coefficient (Wildman–Crippen LogP) is 2.92. The molecule has 4 aliphatic rings. The largest absolute Gasteiger partial charge is 0.393 e. The topological polar surface area (TPSA) is 35.5 Å². The summed E-state index contributed by atoms with van der Waals surface area (Å²) in [5.41, 5.74) is 0. The van der Waals surface area contributed by atoms with Crippen LogP contribution in [0.5, 0.6) is 0 Å². The Kier molecular flexibility index (Phi) is 4.75. The molecule has 126 valence electrons. The maximum Gasteiger partial charge on any atom is 0.0571 e. The summed E-state index contributed by atoms with van der Waals surface area (Å²) in [7, 11) is 0. The molecule has 2 N–H and O–H groups in total. The van der Waals surface area contributed by atoms with Crippen molar-refractivity contribution in [3.8, 4) is 0 Å². The van der Waals surface area contributed by atoms with E-state index in [9.17, 15) is 5.11 Å². The Morgan fingerprint density at radius 2 is 1.68 bits per heavy atom. The third kappa shape index (κ3) is 4.04. The lowest BCUT2D eigenvalue weighted by molar-refractivity contribution is 0.0682. The summed E-state index contributed by atoms with van der Waals surface area (Å²) in [5.74, 6) is 1.35. The lowest BCUT2D eigenvalue weighted by atomic mass is 9.87. The normalized spacial score (nSPS) is 36.4. The second kappa shape index (κ2) is 6.78. The lowest BCUT2D eigenvalue weighted by Gasteiger charge is -2.41. The summed E-state index contributed by atoms with van der Waals surface area (Å²) in [5, 5.41) is 14.3. The number of nitrogens with zero attached hydrogens (tertiary/aromatic N) is 1. The van der Waals surface area contributed by atoms with Gasteiger partial charge in [-0.05, 0) is 63.2 Å². The summed E-state index contributed by atoms with van der Waals surface area (Å²) in [6.45, 7) is 2.51. The van der Waals surface area contributed by atoms with Gasteiger partial charge < -0.3 is 10.4 Å². The molecule has 4 rings (SSSR count). The quantitative estimate of drug-likeness (QED) is 0.792. The van der Waals surface area contributed by atoms with Crippen molar-refractivity contribution in [2.45, 2.75) is 94.9 Å². The molecule has 0 aromatic heterocycles. The number of aliphatic hydroxyl groups is 1. The third-order valence-corrected chi connectivity index (χ3v) is 6.45. The molecule has 0 radical (unpaired) electrons. The molecule has 22 heavy (non-hydrogen) atoms. The molecule has 0 amide bonds. The Labute approximate surface area is 135 Å². The van der Waals surface area contributed by atoms with Gasteiger partial charge in [-0.2, -0.15) is 0 Å². The van der Waals surface area contributed by atoms with E-state index >= 15 is 0 Å². The highest BCUT2D eigenvalue weighted by molar-refractivity contribution is 4.95. The van der Waals surface area contributed by atoms with Gasteiger partial charge in [-0.25, -0.2) is 0 Å². The van der Waals surface area contributed by atoms with E-state index < -0.39 is 0 Å². The van der Waals surface area contributed by atoms with E-state index in [1.807, 2.05) is 0 Å². The molecule has 3 aliphatic carbocycles. The van der Waals surface area contributed by atoms with Crippen LogP contribution >= 0.6 is 0 Å². The van der Waals surface area contributed by atoms with E-state index in [1.54, 1.807) is 0 Å². The van der Waals surface area contributed by atoms with Crippen molar-refractivity contribution in [1.29, 1.82) is 0 Å². The minimum Gasteiger partial charge on any atom is -0.393 e. The van der Waals surface area contributed by atoms with E-state index in [-0.39, 0.29) is 6.10 Å². The smallest absolute Gasteiger partial charge is 0.0571 e. The van der Waals surface area contributed by atoms with Gasteiger partial charge in [-0.15, -0.1) is 0 Å². The van der Waals surface area contributed by atoms with E-state index in [2.05, 4.69) is 10.2 Å². The number of likely N-dealkylation sites (tertiary alicyclic amines) is 1. The van der Waals surface area contributed by atoms with Crippen LogP contribution in [0, 0.1) is 11.8 Å². The number of hydrogen-bond donors (Lipinski definition) is 2. The summed E-state index contributed by atoms with van der Waals surface area (Å²) >= 11 is 0. The second-order valence-electron chi connectivity index (χ2n) is 8.63. The Bertz CT molecular complexity index is 358. The molecule has 1 aliphatic heterocycles. The van der Waals surface area contributed by atoms with Crippen LogP contribution in [-0.4, -0.2) is 47.3 Å². The zero-order valence-electron chi connectivity index (χ0n) is 14.1. The monoisotopic (exact) mass is 306 g/mol. The Balaban J connectivity index is 1.32. The molecule has 3 atom stereocenters. The number of piperidine rings is 1. The van der Waals surface area contributed by atoms with Crippen molar-refractivity contribution in [3.05, 3.63) is 0 Å². The SMILES string of the molecule is OC(CC1CC(NC2CCCCC2)CN(C2CC2)C1)C1CC1. The molecular formula is C19H34N2O. The standard InChI is InChI=1S/C19H34N2O/c22-19(15-6-7-15)11-14-10-17(13-21(12-14)18-8-9-18)20-16-4-2-1-3-5-16/h14-20,22H,1-13H2. The van der Waals surface area contributed by atoms with Gasteiger partial charge in [-0.1, -0.05) is 19.3 Å². The summed E-state index contributed by atoms with van der Waals surface area (Å²) in [6.07, 6.45) is 14.7. The van der Waals surface area contributed by atoms with Crippen LogP contribution in [0.15, 0.2) is 0 Å². The van der Waals surface area contributed by atoms with E-state index in [1.165, 1.54) is 77.3 Å². The summed E-state index contributed by atoms with van der Waals surface area (Å²) in [6, 6.07) is 2.32. The molecule has 0 aromatic carbocycles. The zero-order valence-corrected chi connectivity index (χ0v) is 14.1. The Hall–Kier alpha value is -0.120. The fourth-order valence-electron chi connectivity index (χ4n) is 4.89. The number of aliphatic hydroxyl groups excluding tert-OH is 1. The average Bonchev–Trinajstić information content (AvgIpc) is 3.41. The second-order valence-corrected chi connectivity index (χ2v) is 8.63. The molecule has 0 spiro atoms. The first-order chi connectivity index (χ1) is 10.8. The van der Waals surface area contributed by atoms with Crippen LogP contribution in [0.4, 0.5) is 0 Å². The molecule has 3 heteroatoms. The Morgan fingerprint density at radius 3 is 2.36 bits per heavy atom. The molecule has 4 fully saturated rings. The van der Waals surface area contributed by atoms with Gasteiger partial charge in [0.05, 0.1) is 6.10 Å². The fourth-order valence-corrected chi connectivity index (χ4v) is 4.89. The van der Waals surface area contributed by atoms with Gasteiger partial charge in [0.15, 0.2) is 0 Å². The molecule has 1 heterocycles. The third-order valence-electron chi connectivity index (χ3n) is 6.45. The lowest BCUT2D eigenvalue weighted by Crippen LogP contribution is -2.53. The number of rotatable bonds is 6. The average molecular weight is 306 g/mol. The van der Waals surface area contributed by atoms with Crippen molar-refractivity contribution in [1.82, 2.24) is 10.2 Å². The highest BCUT2D eigenvalue weighted by atomic mass is 16.3. The molecule has 3 nitrogen and oxygen atoms in total. The minimum absolute atomic E-state index is 0.0144. The Morgan fingerprint density at radius 1 is 0.909 bits per heavy atom. The number of nitrogens with one attached hydrogen (secondary N) is 1. The van der Waals surface area contributed by atoms with Crippen molar-refractivity contribution < 1.29 is 5.11 Å². The van der Waals surface area contributed by atoms with Crippen molar-refractivity contribution in [2.24, 2.45) is 11.8 Å². The van der Waals surface area contributed by atoms with Gasteiger partial charge in [0.2, 0.25) is 0 Å². The summed E-state index contributed by atoms with van der Waals surface area (Å²) < 4.78 is 0. The van der Waals surface area contributed by atoms with Crippen LogP contribution in [0.1, 0.15) is 70.6 Å². The molecule has 1 saturated heterocycles. The first-order valence-corrected chi connectivity index (χ1v) is 9.96. The van der Waals surface area contributed by atoms with E-state index in [0.29, 0.717) is 17.9 Å². The van der Waals surface area contributed by atoms with Crippen LogP contribution in [0.25, 0.3) is 0 Å².